The monoisotopic (exact) mass is 312 g/mol. The number of carbonyl (C=O) groups is 1. The summed E-state index contributed by atoms with van der Waals surface area (Å²) in [5.41, 5.74) is 1.17. The van der Waals surface area contributed by atoms with Crippen molar-refractivity contribution in [2.24, 2.45) is 18.9 Å². The van der Waals surface area contributed by atoms with Crippen LogP contribution in [0.15, 0.2) is 12.4 Å². The van der Waals surface area contributed by atoms with Crippen LogP contribution in [0.25, 0.3) is 0 Å². The number of nitrogens with one attached hydrogen (secondary N) is 1. The molecule has 0 unspecified atom stereocenters. The van der Waals surface area contributed by atoms with E-state index in [2.05, 4.69) is 10.4 Å². The Labute approximate surface area is 132 Å². The number of aromatic nitrogens is 2. The second kappa shape index (κ2) is 6.79. The van der Waals surface area contributed by atoms with Crippen LogP contribution in [0.1, 0.15) is 30.7 Å². The zero-order valence-corrected chi connectivity index (χ0v) is 13.6. The van der Waals surface area contributed by atoms with Gasteiger partial charge in [-0.25, -0.2) is 0 Å². The molecule has 5 nitrogen and oxygen atoms in total. The number of rotatable bonds is 4. The lowest BCUT2D eigenvalue weighted by atomic mass is 9.84. The Hall–Kier alpha value is -1.07. The second-order valence-electron chi connectivity index (χ2n) is 6.33. The van der Waals surface area contributed by atoms with Crippen LogP contribution in [-0.2, 0) is 11.8 Å². The van der Waals surface area contributed by atoms with Crippen LogP contribution in [0.5, 0.6) is 0 Å². The van der Waals surface area contributed by atoms with Gasteiger partial charge in [0.2, 0.25) is 5.91 Å². The van der Waals surface area contributed by atoms with E-state index in [0.717, 1.165) is 25.6 Å². The maximum absolute atomic E-state index is 12.7. The number of hydrogen-bond acceptors (Lipinski definition) is 3. The van der Waals surface area contributed by atoms with E-state index in [1.807, 2.05) is 36.1 Å². The Morgan fingerprint density at radius 3 is 2.81 bits per heavy atom. The van der Waals surface area contributed by atoms with Gasteiger partial charge in [0.1, 0.15) is 0 Å². The number of aryl methyl sites for hydroxylation is 1. The van der Waals surface area contributed by atoms with E-state index < -0.39 is 0 Å². The average Bonchev–Trinajstić information content (AvgIpc) is 3.00. The Morgan fingerprint density at radius 1 is 1.48 bits per heavy atom. The predicted molar refractivity (Wildman–Crippen MR) is 84.5 cm³/mol. The molecule has 0 spiro atoms. The van der Waals surface area contributed by atoms with Crippen molar-refractivity contribution in [1.29, 1.82) is 0 Å². The molecule has 3 rings (SSSR count). The highest BCUT2D eigenvalue weighted by Gasteiger charge is 2.36. The Morgan fingerprint density at radius 2 is 2.24 bits per heavy atom. The highest BCUT2D eigenvalue weighted by Crippen LogP contribution is 2.31. The fourth-order valence-electron chi connectivity index (χ4n) is 3.36. The second-order valence-corrected chi connectivity index (χ2v) is 6.33. The fourth-order valence-corrected chi connectivity index (χ4v) is 3.36. The van der Waals surface area contributed by atoms with E-state index in [-0.39, 0.29) is 30.2 Å². The Balaban J connectivity index is 0.00000161. The maximum Gasteiger partial charge on any atom is 0.227 e. The normalized spacial score (nSPS) is 25.2. The summed E-state index contributed by atoms with van der Waals surface area (Å²) in [6.07, 6.45) is 7.82. The number of carbonyl (C=O) groups excluding carboxylic acids is 1. The molecule has 1 aliphatic carbocycles. The third-order valence-corrected chi connectivity index (χ3v) is 4.82. The van der Waals surface area contributed by atoms with Crippen molar-refractivity contribution in [3.8, 4) is 0 Å². The van der Waals surface area contributed by atoms with Gasteiger partial charge in [-0.1, -0.05) is 6.42 Å². The molecule has 2 fully saturated rings. The summed E-state index contributed by atoms with van der Waals surface area (Å²) < 4.78 is 1.81. The minimum absolute atomic E-state index is 0. The molecular formula is C15H25ClN4O. The summed E-state index contributed by atoms with van der Waals surface area (Å²) >= 11 is 0. The molecule has 1 saturated heterocycles. The van der Waals surface area contributed by atoms with E-state index in [9.17, 15) is 4.79 Å². The van der Waals surface area contributed by atoms with Gasteiger partial charge in [0, 0.05) is 45.8 Å². The van der Waals surface area contributed by atoms with Gasteiger partial charge >= 0.3 is 0 Å². The lowest BCUT2D eigenvalue weighted by molar-refractivity contribution is -0.135. The smallest absolute Gasteiger partial charge is 0.227 e. The van der Waals surface area contributed by atoms with Crippen molar-refractivity contribution in [3.05, 3.63) is 18.0 Å². The van der Waals surface area contributed by atoms with Crippen molar-refractivity contribution < 1.29 is 4.79 Å². The average molecular weight is 313 g/mol. The zero-order chi connectivity index (χ0) is 14.1. The maximum atomic E-state index is 12.7. The molecule has 2 aliphatic rings. The van der Waals surface area contributed by atoms with Crippen LogP contribution in [-0.4, -0.2) is 47.3 Å². The van der Waals surface area contributed by atoms with E-state index in [4.69, 9.17) is 0 Å². The number of nitrogens with zero attached hydrogens (tertiary/aromatic N) is 3. The van der Waals surface area contributed by atoms with Gasteiger partial charge in [-0.05, 0) is 24.3 Å². The van der Waals surface area contributed by atoms with Crippen LogP contribution in [0, 0.1) is 11.8 Å². The minimum Gasteiger partial charge on any atom is -0.345 e. The first-order valence-corrected chi connectivity index (χ1v) is 7.59. The van der Waals surface area contributed by atoms with Crippen LogP contribution < -0.4 is 5.32 Å². The van der Waals surface area contributed by atoms with Crippen molar-refractivity contribution in [2.75, 3.05) is 26.7 Å². The number of amides is 1. The van der Waals surface area contributed by atoms with Gasteiger partial charge in [-0.3, -0.25) is 9.48 Å². The number of halogens is 1. The highest BCUT2D eigenvalue weighted by atomic mass is 35.5. The van der Waals surface area contributed by atoms with Crippen LogP contribution in [0.4, 0.5) is 0 Å². The van der Waals surface area contributed by atoms with Gasteiger partial charge in [0.15, 0.2) is 0 Å². The van der Waals surface area contributed by atoms with Crippen molar-refractivity contribution >= 4 is 18.3 Å². The fraction of sp³-hybridized carbons (Fsp3) is 0.733. The molecule has 1 N–H and O–H groups in total. The molecule has 0 radical (unpaired) electrons. The molecule has 1 saturated carbocycles. The van der Waals surface area contributed by atoms with Gasteiger partial charge in [-0.15, -0.1) is 12.4 Å². The standard InChI is InChI=1S/C15H24N4O.ClH/c1-18(9-11-4-3-5-11)15(20)14-8-16-7-13(14)12-6-17-19(2)10-12;/h6,10-11,13-14,16H,3-5,7-9H2,1-2H3;1H/t13-,14+;/m1./s1. The molecule has 0 aromatic carbocycles. The van der Waals surface area contributed by atoms with Crippen LogP contribution in [0.2, 0.25) is 0 Å². The summed E-state index contributed by atoms with van der Waals surface area (Å²) in [7, 11) is 3.88. The van der Waals surface area contributed by atoms with Gasteiger partial charge in [-0.2, -0.15) is 5.10 Å². The first-order valence-electron chi connectivity index (χ1n) is 7.59. The van der Waals surface area contributed by atoms with Crippen molar-refractivity contribution in [3.63, 3.8) is 0 Å². The zero-order valence-electron chi connectivity index (χ0n) is 12.8. The van der Waals surface area contributed by atoms with Gasteiger partial charge in [0.05, 0.1) is 12.1 Å². The predicted octanol–water partition coefficient (Wildman–Crippen LogP) is 1.40. The molecule has 21 heavy (non-hydrogen) atoms. The summed E-state index contributed by atoms with van der Waals surface area (Å²) in [6, 6.07) is 0. The van der Waals surface area contributed by atoms with E-state index in [1.165, 1.54) is 24.8 Å². The molecule has 6 heteroatoms. The van der Waals surface area contributed by atoms with Crippen LogP contribution in [0.3, 0.4) is 0 Å². The summed E-state index contributed by atoms with van der Waals surface area (Å²) in [6.45, 7) is 2.59. The minimum atomic E-state index is 0. The van der Waals surface area contributed by atoms with Gasteiger partial charge in [0.25, 0.3) is 0 Å². The molecule has 1 aromatic rings. The van der Waals surface area contributed by atoms with Crippen molar-refractivity contribution in [2.45, 2.75) is 25.2 Å². The Bertz CT molecular complexity index is 486. The third-order valence-electron chi connectivity index (χ3n) is 4.82. The quantitative estimate of drug-likeness (QED) is 0.914. The topological polar surface area (TPSA) is 50.2 Å². The van der Waals surface area contributed by atoms with Crippen molar-refractivity contribution in [1.82, 2.24) is 20.0 Å². The largest absolute Gasteiger partial charge is 0.345 e. The molecule has 1 aromatic heterocycles. The third kappa shape index (κ3) is 3.40. The first kappa shape index (κ1) is 16.3. The summed E-state index contributed by atoms with van der Waals surface area (Å²) in [4.78, 5) is 14.6. The highest BCUT2D eigenvalue weighted by molar-refractivity contribution is 5.85. The molecule has 118 valence electrons. The lowest BCUT2D eigenvalue weighted by Crippen LogP contribution is -2.40. The molecule has 2 atom stereocenters. The molecule has 1 aliphatic heterocycles. The first-order chi connectivity index (χ1) is 9.65. The van der Waals surface area contributed by atoms with E-state index in [1.54, 1.807) is 0 Å². The number of hydrogen-bond donors (Lipinski definition) is 1. The van der Waals surface area contributed by atoms with Crippen LogP contribution >= 0.6 is 12.4 Å². The van der Waals surface area contributed by atoms with Gasteiger partial charge < -0.3 is 10.2 Å². The molecule has 1 amide bonds. The lowest BCUT2D eigenvalue weighted by Gasteiger charge is -2.32. The van der Waals surface area contributed by atoms with E-state index in [0.29, 0.717) is 0 Å². The Kier molecular flexibility index (Phi) is 5.27. The molecule has 0 bridgehead atoms. The van der Waals surface area contributed by atoms with E-state index >= 15 is 0 Å². The summed E-state index contributed by atoms with van der Waals surface area (Å²) in [5.74, 6) is 1.34. The molecular weight excluding hydrogens is 288 g/mol. The SMILES string of the molecule is CN(CC1CCC1)C(=O)[C@H]1CNC[C@@H]1c1cnn(C)c1.Cl. The summed E-state index contributed by atoms with van der Waals surface area (Å²) in [5, 5.41) is 7.60. The molecule has 2 heterocycles.